The van der Waals surface area contributed by atoms with Crippen molar-refractivity contribution in [3.05, 3.63) is 37.6 Å². The van der Waals surface area contributed by atoms with Gasteiger partial charge in [0, 0.05) is 22.3 Å². The summed E-state index contributed by atoms with van der Waals surface area (Å²) in [4.78, 5) is 12.1. The molecule has 3 nitrogen and oxygen atoms in total. The molecule has 1 N–H and O–H groups in total. The van der Waals surface area contributed by atoms with Crippen LogP contribution in [-0.4, -0.2) is 15.0 Å². The lowest BCUT2D eigenvalue weighted by Gasteiger charge is -2.08. The zero-order valence-electron chi connectivity index (χ0n) is 9.28. The van der Waals surface area contributed by atoms with Crippen LogP contribution in [0.3, 0.4) is 0 Å². The number of halogens is 2. The number of H-pyrrole nitrogens is 1. The third kappa shape index (κ3) is 2.29. The number of nitrogens with one attached hydrogen (secondary N) is 1. The highest BCUT2D eigenvalue weighted by atomic mass is 79.9. The largest absolute Gasteiger partial charge is 0.340 e. The molecule has 0 saturated heterocycles. The Morgan fingerprint density at radius 2 is 2.11 bits per heavy atom. The summed E-state index contributed by atoms with van der Waals surface area (Å²) in [5, 5.41) is 0. The maximum atomic E-state index is 5.30. The van der Waals surface area contributed by atoms with Gasteiger partial charge in [0.15, 0.2) is 5.82 Å². The fourth-order valence-corrected chi connectivity index (χ4v) is 2.96. The smallest absolute Gasteiger partial charge is 0.159 e. The van der Waals surface area contributed by atoms with E-state index in [4.69, 9.17) is 12.2 Å². The van der Waals surface area contributed by atoms with E-state index in [9.17, 15) is 0 Å². The van der Waals surface area contributed by atoms with Crippen LogP contribution in [0.2, 0.25) is 0 Å². The van der Waals surface area contributed by atoms with E-state index in [-0.39, 0.29) is 0 Å². The Bertz CT molecular complexity index is 665. The van der Waals surface area contributed by atoms with Gasteiger partial charge in [0.05, 0.1) is 4.47 Å². The number of aromatic nitrogens is 3. The Hall–Kier alpha value is -0.590. The number of hydrogen-bond donors (Lipinski definition) is 1. The molecule has 0 bridgehead atoms. The van der Waals surface area contributed by atoms with Crippen molar-refractivity contribution in [3.8, 4) is 11.5 Å². The quantitative estimate of drug-likeness (QED) is 0.766. The average Bonchev–Trinajstić information content (AvgIpc) is 3.17. The molecule has 1 fully saturated rings. The second kappa shape index (κ2) is 4.83. The van der Waals surface area contributed by atoms with Crippen LogP contribution >= 0.6 is 44.1 Å². The van der Waals surface area contributed by atoms with E-state index < -0.39 is 0 Å². The SMILES string of the molecule is S=c1nc(-c2ncccc2Br)[nH]c(C2CC2)c1Br. The molecule has 0 atom stereocenters. The minimum Gasteiger partial charge on any atom is -0.340 e. The van der Waals surface area contributed by atoms with Crippen LogP contribution in [0.1, 0.15) is 24.5 Å². The van der Waals surface area contributed by atoms with Crippen molar-refractivity contribution in [2.24, 2.45) is 0 Å². The van der Waals surface area contributed by atoms with Crippen LogP contribution in [0.5, 0.6) is 0 Å². The van der Waals surface area contributed by atoms with E-state index >= 15 is 0 Å². The average molecular weight is 387 g/mol. The highest BCUT2D eigenvalue weighted by molar-refractivity contribution is 9.11. The first-order valence-electron chi connectivity index (χ1n) is 5.57. The summed E-state index contributed by atoms with van der Waals surface area (Å²) in [6.45, 7) is 0. The van der Waals surface area contributed by atoms with Crippen molar-refractivity contribution in [2.75, 3.05) is 0 Å². The molecule has 92 valence electrons. The van der Waals surface area contributed by atoms with Gasteiger partial charge in [0.1, 0.15) is 10.3 Å². The van der Waals surface area contributed by atoms with Gasteiger partial charge in [-0.15, -0.1) is 0 Å². The van der Waals surface area contributed by atoms with Crippen LogP contribution in [0, 0.1) is 4.64 Å². The van der Waals surface area contributed by atoms with E-state index in [2.05, 4.69) is 46.8 Å². The second-order valence-corrected chi connectivity index (χ2v) is 6.26. The molecule has 2 aromatic heterocycles. The number of pyridine rings is 1. The summed E-state index contributed by atoms with van der Waals surface area (Å²) in [6.07, 6.45) is 4.16. The van der Waals surface area contributed by atoms with Crippen molar-refractivity contribution < 1.29 is 0 Å². The van der Waals surface area contributed by atoms with E-state index in [1.54, 1.807) is 6.20 Å². The number of hydrogen-bond acceptors (Lipinski definition) is 3. The Morgan fingerprint density at radius 1 is 1.33 bits per heavy atom. The van der Waals surface area contributed by atoms with Gasteiger partial charge in [-0.2, -0.15) is 0 Å². The maximum absolute atomic E-state index is 5.30. The molecule has 0 aromatic carbocycles. The van der Waals surface area contributed by atoms with Gasteiger partial charge < -0.3 is 4.98 Å². The fourth-order valence-electron chi connectivity index (χ4n) is 1.80. The van der Waals surface area contributed by atoms with Crippen molar-refractivity contribution >= 4 is 44.1 Å². The molecule has 6 heteroatoms. The zero-order valence-corrected chi connectivity index (χ0v) is 13.3. The number of aromatic amines is 1. The second-order valence-electron chi connectivity index (χ2n) is 4.23. The summed E-state index contributed by atoms with van der Waals surface area (Å²) in [7, 11) is 0. The monoisotopic (exact) mass is 385 g/mol. The predicted octanol–water partition coefficient (Wildman–Crippen LogP) is 4.60. The van der Waals surface area contributed by atoms with Crippen molar-refractivity contribution in [3.63, 3.8) is 0 Å². The van der Waals surface area contributed by atoms with E-state index in [0.29, 0.717) is 10.6 Å². The lowest BCUT2D eigenvalue weighted by molar-refractivity contribution is 0.965. The molecule has 0 radical (unpaired) electrons. The summed E-state index contributed by atoms with van der Waals surface area (Å²) in [5.74, 6) is 1.29. The van der Waals surface area contributed by atoms with Crippen LogP contribution in [0.4, 0.5) is 0 Å². The van der Waals surface area contributed by atoms with Crippen LogP contribution in [0.15, 0.2) is 27.3 Å². The number of nitrogens with zero attached hydrogens (tertiary/aromatic N) is 2. The topological polar surface area (TPSA) is 41.6 Å². The molecular weight excluding hydrogens is 378 g/mol. The molecule has 0 unspecified atom stereocenters. The highest BCUT2D eigenvalue weighted by Gasteiger charge is 2.28. The summed E-state index contributed by atoms with van der Waals surface area (Å²) >= 11 is 12.3. The predicted molar refractivity (Wildman–Crippen MR) is 80.0 cm³/mol. The van der Waals surface area contributed by atoms with Crippen LogP contribution in [0.25, 0.3) is 11.5 Å². The van der Waals surface area contributed by atoms with Gasteiger partial charge in [0.2, 0.25) is 0 Å². The van der Waals surface area contributed by atoms with E-state index in [1.807, 2.05) is 12.1 Å². The molecule has 18 heavy (non-hydrogen) atoms. The highest BCUT2D eigenvalue weighted by Crippen LogP contribution is 2.42. The maximum Gasteiger partial charge on any atom is 0.159 e. The molecule has 3 rings (SSSR count). The molecule has 1 saturated carbocycles. The molecule has 0 aliphatic heterocycles. The minimum atomic E-state index is 0.574. The third-order valence-corrected chi connectivity index (χ3v) is 4.86. The molecule has 1 aliphatic rings. The standard InChI is InChI=1S/C12H9Br2N3S/c13-7-2-1-5-15-10(7)11-16-9(6-3-4-6)8(14)12(18)17-11/h1-2,5-6H,3-4H2,(H,16,17,18). The lowest BCUT2D eigenvalue weighted by Crippen LogP contribution is -1.99. The molecule has 0 amide bonds. The molecule has 2 aromatic rings. The molecule has 0 spiro atoms. The first kappa shape index (κ1) is 12.4. The van der Waals surface area contributed by atoms with Crippen LogP contribution < -0.4 is 0 Å². The van der Waals surface area contributed by atoms with Crippen molar-refractivity contribution in [1.82, 2.24) is 15.0 Å². The Labute approximate surface area is 126 Å². The van der Waals surface area contributed by atoms with Gasteiger partial charge >= 0.3 is 0 Å². The van der Waals surface area contributed by atoms with E-state index in [1.165, 1.54) is 12.8 Å². The van der Waals surface area contributed by atoms with Crippen LogP contribution in [-0.2, 0) is 0 Å². The first-order valence-corrected chi connectivity index (χ1v) is 7.57. The van der Waals surface area contributed by atoms with Gasteiger partial charge in [0.25, 0.3) is 0 Å². The Kier molecular flexibility index (Phi) is 3.34. The summed E-state index contributed by atoms with van der Waals surface area (Å²) in [6, 6.07) is 3.82. The minimum absolute atomic E-state index is 0.574. The lowest BCUT2D eigenvalue weighted by atomic mass is 10.2. The first-order chi connectivity index (χ1) is 8.66. The fraction of sp³-hybridized carbons (Fsp3) is 0.250. The normalized spacial score (nSPS) is 14.8. The zero-order chi connectivity index (χ0) is 12.7. The molecule has 1 aliphatic carbocycles. The Morgan fingerprint density at radius 3 is 2.78 bits per heavy atom. The molecular formula is C12H9Br2N3S. The van der Waals surface area contributed by atoms with E-state index in [0.717, 1.165) is 26.2 Å². The number of rotatable bonds is 2. The summed E-state index contributed by atoms with van der Waals surface area (Å²) in [5.41, 5.74) is 1.93. The van der Waals surface area contributed by atoms with Gasteiger partial charge in [-0.3, -0.25) is 4.98 Å². The van der Waals surface area contributed by atoms with Crippen molar-refractivity contribution in [1.29, 1.82) is 0 Å². The van der Waals surface area contributed by atoms with Crippen molar-refractivity contribution in [2.45, 2.75) is 18.8 Å². The third-order valence-electron chi connectivity index (χ3n) is 2.86. The summed E-state index contributed by atoms with van der Waals surface area (Å²) < 4.78 is 2.41. The van der Waals surface area contributed by atoms with Gasteiger partial charge in [-0.25, -0.2) is 4.98 Å². The van der Waals surface area contributed by atoms with Gasteiger partial charge in [-0.05, 0) is 56.8 Å². The Balaban J connectivity index is 2.19. The molecule has 2 heterocycles. The van der Waals surface area contributed by atoms with Gasteiger partial charge in [-0.1, -0.05) is 12.2 Å².